The van der Waals surface area contributed by atoms with E-state index in [-0.39, 0.29) is 24.4 Å². The highest BCUT2D eigenvalue weighted by Crippen LogP contribution is 2.04. The van der Waals surface area contributed by atoms with E-state index in [9.17, 15) is 14.4 Å². The molecule has 2 aromatic rings. The Morgan fingerprint density at radius 2 is 2.05 bits per heavy atom. The number of aliphatic carboxylic acids is 1. The van der Waals surface area contributed by atoms with Gasteiger partial charge in [0.25, 0.3) is 5.56 Å². The van der Waals surface area contributed by atoms with Crippen molar-refractivity contribution in [2.75, 3.05) is 7.05 Å². The lowest BCUT2D eigenvalue weighted by atomic mass is 10.2. The van der Waals surface area contributed by atoms with E-state index >= 15 is 0 Å². The van der Waals surface area contributed by atoms with Crippen LogP contribution in [0.2, 0.25) is 0 Å². The van der Waals surface area contributed by atoms with Crippen LogP contribution >= 0.6 is 0 Å². The van der Waals surface area contributed by atoms with Gasteiger partial charge in [0.2, 0.25) is 5.91 Å². The van der Waals surface area contributed by atoms with Crippen LogP contribution in [0, 0.1) is 0 Å². The lowest BCUT2D eigenvalue weighted by Gasteiger charge is -2.21. The highest BCUT2D eigenvalue weighted by atomic mass is 16.4. The number of carbonyl (C=O) groups is 2. The Balaban J connectivity index is 2.12. The zero-order valence-electron chi connectivity index (χ0n) is 12.3. The van der Waals surface area contributed by atoms with Crippen molar-refractivity contribution in [1.29, 1.82) is 0 Å². The van der Waals surface area contributed by atoms with E-state index in [0.29, 0.717) is 10.9 Å². The SMILES string of the molecule is CC(C(=O)O)N(C)C(=O)CCn1nnc2ccccc2c1=O. The third-order valence-corrected chi connectivity index (χ3v) is 3.50. The smallest absolute Gasteiger partial charge is 0.326 e. The Morgan fingerprint density at radius 1 is 1.36 bits per heavy atom. The molecule has 0 saturated carbocycles. The first-order chi connectivity index (χ1) is 10.4. The largest absolute Gasteiger partial charge is 0.480 e. The average molecular weight is 304 g/mol. The molecule has 1 aromatic heterocycles. The molecule has 1 amide bonds. The van der Waals surface area contributed by atoms with Crippen molar-refractivity contribution in [3.8, 4) is 0 Å². The molecule has 0 saturated heterocycles. The number of rotatable bonds is 5. The van der Waals surface area contributed by atoms with Crippen molar-refractivity contribution in [3.63, 3.8) is 0 Å². The van der Waals surface area contributed by atoms with Gasteiger partial charge in [0, 0.05) is 13.5 Å². The fourth-order valence-electron chi connectivity index (χ4n) is 1.93. The Kier molecular flexibility index (Phi) is 4.50. The maximum atomic E-state index is 12.2. The molecule has 22 heavy (non-hydrogen) atoms. The Labute approximate surface area is 126 Å². The van der Waals surface area contributed by atoms with Crippen molar-refractivity contribution >= 4 is 22.8 Å². The summed E-state index contributed by atoms with van der Waals surface area (Å²) in [5.74, 6) is -1.46. The Morgan fingerprint density at radius 3 is 2.73 bits per heavy atom. The lowest BCUT2D eigenvalue weighted by Crippen LogP contribution is -2.41. The molecule has 8 nitrogen and oxygen atoms in total. The van der Waals surface area contributed by atoms with E-state index in [2.05, 4.69) is 10.3 Å². The highest BCUT2D eigenvalue weighted by Gasteiger charge is 2.21. The number of aromatic nitrogens is 3. The molecule has 8 heteroatoms. The number of hydrogen-bond donors (Lipinski definition) is 1. The molecule has 1 unspecified atom stereocenters. The Hall–Kier alpha value is -2.77. The van der Waals surface area contributed by atoms with Crippen LogP contribution in [0.25, 0.3) is 10.9 Å². The number of likely N-dealkylation sites (N-methyl/N-ethyl adjacent to an activating group) is 1. The molecule has 1 heterocycles. The second-order valence-corrected chi connectivity index (χ2v) is 4.90. The van der Waals surface area contributed by atoms with E-state index in [1.807, 2.05) is 0 Å². The summed E-state index contributed by atoms with van der Waals surface area (Å²) in [5, 5.41) is 17.0. The van der Waals surface area contributed by atoms with E-state index in [1.165, 1.54) is 14.0 Å². The standard InChI is InChI=1S/C14H16N4O4/c1-9(14(21)22)17(2)12(19)7-8-18-13(20)10-5-3-4-6-11(10)15-16-18/h3-6,9H,7-8H2,1-2H3,(H,21,22). The van der Waals surface area contributed by atoms with Gasteiger partial charge in [-0.15, -0.1) is 5.10 Å². The van der Waals surface area contributed by atoms with Crippen molar-refractivity contribution < 1.29 is 14.7 Å². The summed E-state index contributed by atoms with van der Waals surface area (Å²) in [4.78, 5) is 36.1. The molecule has 0 aliphatic heterocycles. The van der Waals surface area contributed by atoms with Gasteiger partial charge >= 0.3 is 5.97 Å². The van der Waals surface area contributed by atoms with Crippen LogP contribution in [-0.4, -0.2) is 50.0 Å². The van der Waals surface area contributed by atoms with E-state index < -0.39 is 12.0 Å². The first kappa shape index (κ1) is 15.6. The molecular weight excluding hydrogens is 288 g/mol. The highest BCUT2D eigenvalue weighted by molar-refractivity contribution is 5.83. The fraction of sp³-hybridized carbons (Fsp3) is 0.357. The summed E-state index contributed by atoms with van der Waals surface area (Å²) in [6.07, 6.45) is -0.0267. The van der Waals surface area contributed by atoms with Crippen LogP contribution in [-0.2, 0) is 16.1 Å². The zero-order valence-corrected chi connectivity index (χ0v) is 12.3. The molecule has 0 aliphatic rings. The van der Waals surface area contributed by atoms with Crippen molar-refractivity contribution in [2.45, 2.75) is 25.9 Å². The van der Waals surface area contributed by atoms with Gasteiger partial charge in [-0.3, -0.25) is 9.59 Å². The van der Waals surface area contributed by atoms with Crippen molar-refractivity contribution in [1.82, 2.24) is 19.9 Å². The van der Waals surface area contributed by atoms with E-state index in [0.717, 1.165) is 9.58 Å². The first-order valence-corrected chi connectivity index (χ1v) is 6.73. The summed E-state index contributed by atoms with van der Waals surface area (Å²) < 4.78 is 1.11. The summed E-state index contributed by atoms with van der Waals surface area (Å²) in [6.45, 7) is 1.47. The molecule has 0 radical (unpaired) electrons. The summed E-state index contributed by atoms with van der Waals surface area (Å²) in [7, 11) is 1.41. The summed E-state index contributed by atoms with van der Waals surface area (Å²) in [5.41, 5.74) is 0.166. The number of carboxylic acids is 1. The van der Waals surface area contributed by atoms with Gasteiger partial charge in [-0.25, -0.2) is 9.48 Å². The van der Waals surface area contributed by atoms with Gasteiger partial charge in [0.05, 0.1) is 11.9 Å². The molecule has 1 N–H and O–H groups in total. The Bertz CT molecular complexity index is 771. The lowest BCUT2D eigenvalue weighted by molar-refractivity contribution is -0.148. The fourth-order valence-corrected chi connectivity index (χ4v) is 1.93. The molecule has 0 spiro atoms. The third kappa shape index (κ3) is 3.11. The molecule has 0 aliphatic carbocycles. The predicted molar refractivity (Wildman–Crippen MR) is 78.3 cm³/mol. The van der Waals surface area contributed by atoms with Crippen LogP contribution in [0.1, 0.15) is 13.3 Å². The van der Waals surface area contributed by atoms with Crippen LogP contribution in [0.15, 0.2) is 29.1 Å². The number of carboxylic acid groups (broad SMARTS) is 1. The molecule has 1 atom stereocenters. The molecule has 1 aromatic carbocycles. The van der Waals surface area contributed by atoms with E-state index in [4.69, 9.17) is 5.11 Å². The second kappa shape index (κ2) is 6.33. The quantitative estimate of drug-likeness (QED) is 0.840. The van der Waals surface area contributed by atoms with Gasteiger partial charge in [0.1, 0.15) is 11.6 Å². The topological polar surface area (TPSA) is 105 Å². The monoisotopic (exact) mass is 304 g/mol. The number of benzene rings is 1. The van der Waals surface area contributed by atoms with Gasteiger partial charge < -0.3 is 10.0 Å². The van der Waals surface area contributed by atoms with Crippen LogP contribution in [0.5, 0.6) is 0 Å². The van der Waals surface area contributed by atoms with Gasteiger partial charge in [-0.2, -0.15) is 0 Å². The van der Waals surface area contributed by atoms with Crippen LogP contribution in [0.4, 0.5) is 0 Å². The van der Waals surface area contributed by atoms with Crippen molar-refractivity contribution in [3.05, 3.63) is 34.6 Å². The van der Waals surface area contributed by atoms with Crippen LogP contribution in [0.3, 0.4) is 0 Å². The van der Waals surface area contributed by atoms with Gasteiger partial charge in [-0.1, -0.05) is 17.3 Å². The third-order valence-electron chi connectivity index (χ3n) is 3.50. The van der Waals surface area contributed by atoms with Gasteiger partial charge in [-0.05, 0) is 19.1 Å². The number of amides is 1. The second-order valence-electron chi connectivity index (χ2n) is 4.90. The maximum absolute atomic E-state index is 12.2. The molecule has 0 fully saturated rings. The number of nitrogens with zero attached hydrogens (tertiary/aromatic N) is 4. The molecule has 116 valence electrons. The first-order valence-electron chi connectivity index (χ1n) is 6.73. The average Bonchev–Trinajstić information content (AvgIpc) is 2.52. The van der Waals surface area contributed by atoms with Gasteiger partial charge in [0.15, 0.2) is 0 Å². The number of carbonyl (C=O) groups excluding carboxylic acids is 1. The van der Waals surface area contributed by atoms with Crippen molar-refractivity contribution in [2.24, 2.45) is 0 Å². The normalized spacial score (nSPS) is 12.1. The molecule has 2 rings (SSSR count). The van der Waals surface area contributed by atoms with Crippen LogP contribution < -0.4 is 5.56 Å². The van der Waals surface area contributed by atoms with E-state index in [1.54, 1.807) is 24.3 Å². The maximum Gasteiger partial charge on any atom is 0.326 e. The molecule has 0 bridgehead atoms. The minimum atomic E-state index is -1.08. The molecular formula is C14H16N4O4. The predicted octanol–water partition coefficient (Wildman–Crippen LogP) is 0.113. The summed E-state index contributed by atoms with van der Waals surface area (Å²) in [6, 6.07) is 5.88. The minimum Gasteiger partial charge on any atom is -0.480 e. The minimum absolute atomic E-state index is 0.0267. The summed E-state index contributed by atoms with van der Waals surface area (Å²) >= 11 is 0. The number of aryl methyl sites for hydroxylation is 1. The number of hydrogen-bond acceptors (Lipinski definition) is 5. The zero-order chi connectivity index (χ0) is 16.3. The number of fused-ring (bicyclic) bond motifs is 1.